The van der Waals surface area contributed by atoms with Crippen LogP contribution in [0.5, 0.6) is 0 Å². The van der Waals surface area contributed by atoms with Crippen molar-refractivity contribution in [1.82, 2.24) is 0 Å². The summed E-state index contributed by atoms with van der Waals surface area (Å²) in [5.41, 5.74) is 1.69. The van der Waals surface area contributed by atoms with Crippen molar-refractivity contribution >= 4 is 0 Å². The van der Waals surface area contributed by atoms with E-state index in [1.165, 1.54) is 12.2 Å². The van der Waals surface area contributed by atoms with E-state index in [0.717, 1.165) is 11.1 Å². The lowest BCUT2D eigenvalue weighted by molar-refractivity contribution is -0.416. The first kappa shape index (κ1) is 30.8. The Bertz CT molecular complexity index is 1250. The highest BCUT2D eigenvalue weighted by Gasteiger charge is 2.61. The van der Waals surface area contributed by atoms with Gasteiger partial charge in [0.05, 0.1) is 19.8 Å². The molecule has 0 bridgehead atoms. The molecule has 0 saturated carbocycles. The molecule has 2 aromatic rings. The van der Waals surface area contributed by atoms with Crippen molar-refractivity contribution in [2.75, 3.05) is 13.2 Å². The summed E-state index contributed by atoms with van der Waals surface area (Å²) in [5.74, 6) is -6.28. The number of ether oxygens (including phenoxy) is 9. The van der Waals surface area contributed by atoms with Gasteiger partial charge in [0, 0.05) is 0 Å². The van der Waals surface area contributed by atoms with Gasteiger partial charge >= 0.3 is 0 Å². The maximum Gasteiger partial charge on any atom is 0.251 e. The zero-order chi connectivity index (χ0) is 30.3. The molecule has 3 saturated heterocycles. The van der Waals surface area contributed by atoms with E-state index in [2.05, 4.69) is 0 Å². The van der Waals surface area contributed by atoms with Crippen LogP contribution in [-0.2, 0) is 55.8 Å². The third-order valence-corrected chi connectivity index (χ3v) is 7.78. The smallest absolute Gasteiger partial charge is 0.251 e. The molecule has 0 unspecified atom stereocenters. The molecule has 0 radical (unpaired) electrons. The van der Waals surface area contributed by atoms with Crippen molar-refractivity contribution in [3.63, 3.8) is 0 Å². The largest absolute Gasteiger partial charge is 0.371 e. The van der Waals surface area contributed by atoms with Gasteiger partial charge in [0.25, 0.3) is 5.79 Å². The maximum atomic E-state index is 11.8. The summed E-state index contributed by atoms with van der Waals surface area (Å²) in [7, 11) is 0. The molecule has 234 valence electrons. The normalized spacial score (nSPS) is 37.9. The molecule has 4 heterocycles. The van der Waals surface area contributed by atoms with Gasteiger partial charge in [-0.05, 0) is 51.0 Å². The Hall–Kier alpha value is -2.26. The fourth-order valence-corrected chi connectivity index (χ4v) is 5.67. The zero-order valence-electron chi connectivity index (χ0n) is 24.8. The van der Waals surface area contributed by atoms with E-state index in [4.69, 9.17) is 42.6 Å². The highest BCUT2D eigenvalue weighted by atomic mass is 16.9. The summed E-state index contributed by atoms with van der Waals surface area (Å²) < 4.78 is 54.4. The van der Waals surface area contributed by atoms with Crippen molar-refractivity contribution in [2.45, 2.75) is 101 Å². The SMILES string of the molecule is CC1(C)O[C@H]2O[C@H]([C@H]3COC(C)(C)O3)[C@H](O[C@@H]3C=C[C@@](O)(OCc4ccccc4)[C@@](O)(COCc4ccccc4)O3)[C@H]2O1. The van der Waals surface area contributed by atoms with Gasteiger partial charge in [-0.3, -0.25) is 0 Å². The average molecular weight is 601 g/mol. The average Bonchev–Trinajstić information content (AvgIpc) is 3.59. The minimum Gasteiger partial charge on any atom is -0.371 e. The van der Waals surface area contributed by atoms with Crippen LogP contribution in [0.1, 0.15) is 38.8 Å². The Labute approximate surface area is 251 Å². The van der Waals surface area contributed by atoms with Gasteiger partial charge in [0.2, 0.25) is 5.79 Å². The molecule has 3 fully saturated rings. The molecule has 4 aliphatic rings. The van der Waals surface area contributed by atoms with Crippen LogP contribution >= 0.6 is 0 Å². The van der Waals surface area contributed by atoms with Gasteiger partial charge in [-0.15, -0.1) is 0 Å². The summed E-state index contributed by atoms with van der Waals surface area (Å²) in [6, 6.07) is 18.8. The molecular weight excluding hydrogens is 560 g/mol. The second-order valence-corrected chi connectivity index (χ2v) is 12.1. The van der Waals surface area contributed by atoms with Crippen LogP contribution in [0.3, 0.4) is 0 Å². The molecule has 11 heteroatoms. The second-order valence-electron chi connectivity index (χ2n) is 12.1. The van der Waals surface area contributed by atoms with Crippen molar-refractivity contribution in [3.05, 3.63) is 83.9 Å². The Balaban J connectivity index is 1.22. The van der Waals surface area contributed by atoms with Gasteiger partial charge in [0.1, 0.15) is 31.0 Å². The molecule has 0 spiro atoms. The van der Waals surface area contributed by atoms with E-state index in [1.54, 1.807) is 13.8 Å². The first-order chi connectivity index (χ1) is 20.4. The fraction of sp³-hybridized carbons (Fsp3) is 0.562. The van der Waals surface area contributed by atoms with E-state index in [-0.39, 0.29) is 19.8 Å². The van der Waals surface area contributed by atoms with Crippen LogP contribution in [-0.4, -0.2) is 83.6 Å². The second kappa shape index (κ2) is 11.9. The zero-order valence-corrected chi connectivity index (χ0v) is 24.8. The van der Waals surface area contributed by atoms with E-state index in [1.807, 2.05) is 74.5 Å². The van der Waals surface area contributed by atoms with E-state index < -0.39 is 66.8 Å². The quantitative estimate of drug-likeness (QED) is 0.309. The number of fused-ring (bicyclic) bond motifs is 1. The summed E-state index contributed by atoms with van der Waals surface area (Å²) in [4.78, 5) is 0. The Kier molecular flexibility index (Phi) is 8.52. The van der Waals surface area contributed by atoms with Crippen molar-refractivity contribution < 1.29 is 52.8 Å². The van der Waals surface area contributed by atoms with Gasteiger partial charge in [-0.1, -0.05) is 60.7 Å². The highest BCUT2D eigenvalue weighted by molar-refractivity contribution is 5.16. The van der Waals surface area contributed by atoms with Crippen LogP contribution in [0.15, 0.2) is 72.8 Å². The molecule has 11 nitrogen and oxygen atoms in total. The lowest BCUT2D eigenvalue weighted by Crippen LogP contribution is -2.63. The molecule has 43 heavy (non-hydrogen) atoms. The number of hydrogen-bond acceptors (Lipinski definition) is 11. The first-order valence-electron chi connectivity index (χ1n) is 14.5. The summed E-state index contributed by atoms with van der Waals surface area (Å²) in [6.45, 7) is 7.29. The summed E-state index contributed by atoms with van der Waals surface area (Å²) in [5, 5.41) is 23.4. The first-order valence-corrected chi connectivity index (χ1v) is 14.5. The lowest BCUT2D eigenvalue weighted by Gasteiger charge is -2.45. The lowest BCUT2D eigenvalue weighted by atomic mass is 10.0. The van der Waals surface area contributed by atoms with Gasteiger partial charge in [-0.2, -0.15) is 0 Å². The van der Waals surface area contributed by atoms with E-state index >= 15 is 0 Å². The van der Waals surface area contributed by atoms with Crippen LogP contribution in [0.25, 0.3) is 0 Å². The standard InChI is InChI=1S/C32H40O11/c1-29(2)36-19-23(40-29)25-26(27-28(39-25)43-30(3,4)42-27)38-24-15-16-31(33,37-18-22-13-9-6-10-14-22)32(34,41-24)20-35-17-21-11-7-5-8-12-21/h5-16,23-28,33-34H,17-20H2,1-4H3/t23-,24+,25-,26+,27-,28-,31-,32-/m1/s1. The minimum atomic E-state index is -2.34. The fourth-order valence-electron chi connectivity index (χ4n) is 5.67. The van der Waals surface area contributed by atoms with Gasteiger partial charge in [0.15, 0.2) is 24.2 Å². The summed E-state index contributed by atoms with van der Waals surface area (Å²) >= 11 is 0. The van der Waals surface area contributed by atoms with Crippen molar-refractivity contribution in [3.8, 4) is 0 Å². The van der Waals surface area contributed by atoms with Gasteiger partial charge < -0.3 is 52.8 Å². The van der Waals surface area contributed by atoms with Crippen molar-refractivity contribution in [1.29, 1.82) is 0 Å². The number of hydrogen-bond donors (Lipinski definition) is 2. The Morgan fingerprint density at radius 2 is 1.47 bits per heavy atom. The Morgan fingerprint density at radius 1 is 0.791 bits per heavy atom. The van der Waals surface area contributed by atoms with E-state index in [9.17, 15) is 10.2 Å². The number of aliphatic hydroxyl groups is 2. The van der Waals surface area contributed by atoms with E-state index in [0.29, 0.717) is 0 Å². The Morgan fingerprint density at radius 3 is 2.12 bits per heavy atom. The molecule has 4 aliphatic heterocycles. The molecule has 2 aromatic carbocycles. The monoisotopic (exact) mass is 600 g/mol. The van der Waals surface area contributed by atoms with Crippen LogP contribution in [0.2, 0.25) is 0 Å². The molecule has 0 aromatic heterocycles. The third-order valence-electron chi connectivity index (χ3n) is 7.78. The molecule has 2 N–H and O–H groups in total. The summed E-state index contributed by atoms with van der Waals surface area (Å²) in [6.07, 6.45) is -1.45. The number of rotatable bonds is 10. The van der Waals surface area contributed by atoms with Gasteiger partial charge in [-0.25, -0.2) is 0 Å². The van der Waals surface area contributed by atoms with Crippen LogP contribution in [0.4, 0.5) is 0 Å². The topological polar surface area (TPSA) is 124 Å². The third kappa shape index (κ3) is 6.73. The molecule has 0 aliphatic carbocycles. The van der Waals surface area contributed by atoms with Crippen LogP contribution in [0, 0.1) is 0 Å². The molecule has 8 atom stereocenters. The predicted octanol–water partition coefficient (Wildman–Crippen LogP) is 3.12. The molecule has 0 amide bonds. The predicted molar refractivity (Wildman–Crippen MR) is 150 cm³/mol. The maximum absolute atomic E-state index is 11.8. The molecular formula is C32H40O11. The molecule has 6 rings (SSSR count). The highest BCUT2D eigenvalue weighted by Crippen LogP contribution is 2.43. The minimum absolute atomic E-state index is 0.00885. The van der Waals surface area contributed by atoms with Crippen molar-refractivity contribution in [2.24, 2.45) is 0 Å². The van der Waals surface area contributed by atoms with Crippen LogP contribution < -0.4 is 0 Å². The number of benzene rings is 2.